The van der Waals surface area contributed by atoms with Crippen molar-refractivity contribution in [2.24, 2.45) is 0 Å². The molecule has 1 N–H and O–H groups in total. The number of nitrogens with zero attached hydrogens (tertiary/aromatic N) is 2. The highest BCUT2D eigenvalue weighted by Crippen LogP contribution is 2.24. The minimum absolute atomic E-state index is 0.0567. The predicted molar refractivity (Wildman–Crippen MR) is 85.3 cm³/mol. The highest BCUT2D eigenvalue weighted by atomic mass is 32.2. The van der Waals surface area contributed by atoms with Gasteiger partial charge < -0.3 is 9.30 Å². The third kappa shape index (κ3) is 3.22. The first-order valence-electron chi connectivity index (χ1n) is 7.22. The summed E-state index contributed by atoms with van der Waals surface area (Å²) in [6.45, 7) is 3.84. The van der Waals surface area contributed by atoms with Crippen LogP contribution in [-0.2, 0) is 10.0 Å². The van der Waals surface area contributed by atoms with Crippen molar-refractivity contribution in [1.29, 1.82) is 0 Å². The fourth-order valence-corrected chi connectivity index (χ4v) is 3.88. The van der Waals surface area contributed by atoms with E-state index in [1.165, 1.54) is 23.2 Å². The normalized spacial score (nSPS) is 17.5. The number of aromatic nitrogens is 1. The number of hydrogen-bond donors (Lipinski definition) is 1. The summed E-state index contributed by atoms with van der Waals surface area (Å²) < 4.78 is 27.5. The van der Waals surface area contributed by atoms with Crippen LogP contribution in [0.4, 0.5) is 5.82 Å². The van der Waals surface area contributed by atoms with E-state index in [2.05, 4.69) is 51.4 Å². The monoisotopic (exact) mass is 307 g/mol. The van der Waals surface area contributed by atoms with Gasteiger partial charge in [0.25, 0.3) is 0 Å². The van der Waals surface area contributed by atoms with Crippen LogP contribution >= 0.6 is 0 Å². The van der Waals surface area contributed by atoms with Crippen LogP contribution in [0.3, 0.4) is 0 Å². The molecule has 0 unspecified atom stereocenters. The fourth-order valence-electron chi connectivity index (χ4n) is 3.04. The van der Waals surface area contributed by atoms with E-state index >= 15 is 0 Å². The van der Waals surface area contributed by atoms with Crippen LogP contribution in [0.15, 0.2) is 30.5 Å². The molecule has 0 bridgehead atoms. The zero-order valence-electron chi connectivity index (χ0n) is 12.4. The van der Waals surface area contributed by atoms with Gasteiger partial charge >= 0.3 is 0 Å². The van der Waals surface area contributed by atoms with E-state index in [1.54, 1.807) is 0 Å². The Kier molecular flexibility index (Phi) is 3.67. The van der Waals surface area contributed by atoms with E-state index in [9.17, 15) is 8.42 Å². The number of rotatable bonds is 3. The molecule has 0 saturated carbocycles. The fraction of sp³-hybridized carbons (Fsp3) is 0.467. The lowest BCUT2D eigenvalue weighted by atomic mass is 10.1. The van der Waals surface area contributed by atoms with E-state index in [-0.39, 0.29) is 6.04 Å². The summed E-state index contributed by atoms with van der Waals surface area (Å²) in [6, 6.07) is 8.57. The molecule has 3 rings (SSSR count). The number of pyridine rings is 1. The zero-order chi connectivity index (χ0) is 15.0. The summed E-state index contributed by atoms with van der Waals surface area (Å²) in [5.74, 6) is 1.19. The summed E-state index contributed by atoms with van der Waals surface area (Å²) in [4.78, 5) is 2.33. The van der Waals surface area contributed by atoms with Crippen molar-refractivity contribution >= 4 is 21.4 Å². The van der Waals surface area contributed by atoms with E-state index in [0.29, 0.717) is 0 Å². The molecular formula is C15H21N3O2S. The summed E-state index contributed by atoms with van der Waals surface area (Å²) in [5.41, 5.74) is 2.44. The van der Waals surface area contributed by atoms with Crippen LogP contribution in [0.25, 0.3) is 5.52 Å². The largest absolute Gasteiger partial charge is 0.358 e. The second-order valence-corrected chi connectivity index (χ2v) is 7.63. The Morgan fingerprint density at radius 2 is 1.95 bits per heavy atom. The molecule has 0 amide bonds. The molecule has 1 aliphatic rings. The van der Waals surface area contributed by atoms with Crippen molar-refractivity contribution in [1.82, 2.24) is 9.12 Å². The number of piperidine rings is 1. The lowest BCUT2D eigenvalue weighted by molar-refractivity contribution is 0.459. The van der Waals surface area contributed by atoms with E-state index in [4.69, 9.17) is 0 Å². The Morgan fingerprint density at radius 3 is 2.62 bits per heavy atom. The molecular weight excluding hydrogens is 286 g/mol. The van der Waals surface area contributed by atoms with Gasteiger partial charge in [0.2, 0.25) is 10.0 Å². The van der Waals surface area contributed by atoms with Gasteiger partial charge in [-0.15, -0.1) is 0 Å². The maximum absolute atomic E-state index is 11.3. The molecule has 2 aromatic rings. The molecule has 114 valence electrons. The van der Waals surface area contributed by atoms with Crippen molar-refractivity contribution in [3.8, 4) is 0 Å². The van der Waals surface area contributed by atoms with Gasteiger partial charge in [0, 0.05) is 30.8 Å². The van der Waals surface area contributed by atoms with Crippen molar-refractivity contribution in [3.05, 3.63) is 36.0 Å². The minimum atomic E-state index is -3.11. The Morgan fingerprint density at radius 1 is 1.24 bits per heavy atom. The predicted octanol–water partition coefficient (Wildman–Crippen LogP) is 1.77. The number of aryl methyl sites for hydroxylation is 1. The Balaban J connectivity index is 1.78. The average Bonchev–Trinajstić information content (AvgIpc) is 2.85. The van der Waals surface area contributed by atoms with Crippen LogP contribution in [0.1, 0.15) is 18.4 Å². The highest BCUT2D eigenvalue weighted by molar-refractivity contribution is 7.88. The molecule has 0 radical (unpaired) electrons. The first-order chi connectivity index (χ1) is 9.92. The molecule has 1 saturated heterocycles. The van der Waals surface area contributed by atoms with Crippen LogP contribution in [0, 0.1) is 6.92 Å². The molecule has 1 aliphatic heterocycles. The molecule has 0 aromatic carbocycles. The SMILES string of the molecule is Cc1cc(N2CCC(NS(C)(=O)=O)CC2)n2cccc2c1. The van der Waals surface area contributed by atoms with Crippen LogP contribution in [-0.4, -0.2) is 38.2 Å². The average molecular weight is 307 g/mol. The minimum Gasteiger partial charge on any atom is -0.358 e. The van der Waals surface area contributed by atoms with E-state index < -0.39 is 10.0 Å². The molecule has 0 atom stereocenters. The second kappa shape index (κ2) is 5.35. The van der Waals surface area contributed by atoms with Crippen LogP contribution < -0.4 is 9.62 Å². The van der Waals surface area contributed by atoms with Gasteiger partial charge in [0.15, 0.2) is 0 Å². The number of fused-ring (bicyclic) bond motifs is 1. The highest BCUT2D eigenvalue weighted by Gasteiger charge is 2.22. The lowest BCUT2D eigenvalue weighted by Gasteiger charge is -2.34. The van der Waals surface area contributed by atoms with Gasteiger partial charge in [0.05, 0.1) is 6.26 Å². The number of hydrogen-bond acceptors (Lipinski definition) is 3. The number of anilines is 1. The summed E-state index contributed by atoms with van der Waals surface area (Å²) in [6.07, 6.45) is 4.97. The van der Waals surface area contributed by atoms with Crippen molar-refractivity contribution in [3.63, 3.8) is 0 Å². The van der Waals surface area contributed by atoms with E-state index in [0.717, 1.165) is 25.9 Å². The Hall–Kier alpha value is -1.53. The number of sulfonamides is 1. The Bertz CT molecular complexity index is 743. The van der Waals surface area contributed by atoms with Crippen LogP contribution in [0.2, 0.25) is 0 Å². The Labute approximate surface area is 125 Å². The van der Waals surface area contributed by atoms with E-state index in [1.807, 2.05) is 0 Å². The quantitative estimate of drug-likeness (QED) is 0.940. The molecule has 2 aromatic heterocycles. The maximum Gasteiger partial charge on any atom is 0.208 e. The molecule has 3 heterocycles. The first kappa shape index (κ1) is 14.4. The summed E-state index contributed by atoms with van der Waals surface area (Å²) in [5, 5.41) is 0. The smallest absolute Gasteiger partial charge is 0.208 e. The molecule has 1 fully saturated rings. The second-order valence-electron chi connectivity index (χ2n) is 5.85. The van der Waals surface area contributed by atoms with Crippen molar-refractivity contribution in [2.45, 2.75) is 25.8 Å². The summed E-state index contributed by atoms with van der Waals surface area (Å²) in [7, 11) is -3.11. The zero-order valence-corrected chi connectivity index (χ0v) is 13.2. The molecule has 6 heteroatoms. The van der Waals surface area contributed by atoms with Gasteiger partial charge in [-0.25, -0.2) is 13.1 Å². The van der Waals surface area contributed by atoms with Crippen LogP contribution in [0.5, 0.6) is 0 Å². The maximum atomic E-state index is 11.3. The standard InChI is InChI=1S/C15H21N3O2S/c1-12-10-14-4-3-7-18(14)15(11-12)17-8-5-13(6-9-17)16-21(2,19)20/h3-4,7,10-11,13,16H,5-6,8-9H2,1-2H3. The van der Waals surface area contributed by atoms with Gasteiger partial charge in [-0.05, 0) is 49.6 Å². The third-order valence-corrected chi connectivity index (χ3v) is 4.72. The molecule has 5 nitrogen and oxygen atoms in total. The number of nitrogens with one attached hydrogen (secondary N) is 1. The first-order valence-corrected chi connectivity index (χ1v) is 9.11. The third-order valence-electron chi connectivity index (χ3n) is 3.96. The summed E-state index contributed by atoms with van der Waals surface area (Å²) >= 11 is 0. The van der Waals surface area contributed by atoms with Gasteiger partial charge in [-0.1, -0.05) is 0 Å². The molecule has 0 spiro atoms. The van der Waals surface area contributed by atoms with Crippen molar-refractivity contribution in [2.75, 3.05) is 24.2 Å². The molecule has 0 aliphatic carbocycles. The van der Waals surface area contributed by atoms with Crippen molar-refractivity contribution < 1.29 is 8.42 Å². The van der Waals surface area contributed by atoms with Gasteiger partial charge in [-0.3, -0.25) is 0 Å². The van der Waals surface area contributed by atoms with Gasteiger partial charge in [-0.2, -0.15) is 0 Å². The lowest BCUT2D eigenvalue weighted by Crippen LogP contribution is -2.44. The topological polar surface area (TPSA) is 53.8 Å². The van der Waals surface area contributed by atoms with Gasteiger partial charge in [0.1, 0.15) is 5.82 Å². The molecule has 21 heavy (non-hydrogen) atoms.